The van der Waals surface area contributed by atoms with Crippen LogP contribution in [0.25, 0.3) is 0 Å². The minimum Gasteiger partial charge on any atom is -0.347 e. The number of rotatable bonds is 4. The van der Waals surface area contributed by atoms with Gasteiger partial charge in [-0.2, -0.15) is 4.31 Å². The summed E-state index contributed by atoms with van der Waals surface area (Å²) in [4.78, 5) is 14.1. The highest BCUT2D eigenvalue weighted by Gasteiger charge is 2.60. The molecule has 1 heterocycles. The third kappa shape index (κ3) is 2.83. The van der Waals surface area contributed by atoms with Gasteiger partial charge in [0.15, 0.2) is 0 Å². The van der Waals surface area contributed by atoms with E-state index in [-0.39, 0.29) is 10.8 Å². The molecule has 1 amide bonds. The van der Waals surface area contributed by atoms with Crippen molar-refractivity contribution in [2.45, 2.75) is 23.9 Å². The minimum absolute atomic E-state index is 0.209. The molecule has 6 heteroatoms. The third-order valence-corrected chi connectivity index (χ3v) is 6.07. The number of hydrogen-bond donors (Lipinski definition) is 0. The summed E-state index contributed by atoms with van der Waals surface area (Å²) in [5.41, 5.74) is 1.81. The quantitative estimate of drug-likeness (QED) is 0.799. The molecule has 2 aromatic carbocycles. The van der Waals surface area contributed by atoms with Gasteiger partial charge in [0.1, 0.15) is 6.04 Å². The van der Waals surface area contributed by atoms with Crippen molar-refractivity contribution in [2.75, 3.05) is 14.1 Å². The van der Waals surface area contributed by atoms with E-state index in [9.17, 15) is 13.2 Å². The zero-order chi connectivity index (χ0) is 17.5. The van der Waals surface area contributed by atoms with Gasteiger partial charge in [-0.05, 0) is 24.6 Å². The van der Waals surface area contributed by atoms with Gasteiger partial charge >= 0.3 is 0 Å². The van der Waals surface area contributed by atoms with Gasteiger partial charge in [0.2, 0.25) is 15.9 Å². The Labute approximate surface area is 142 Å². The second-order valence-corrected chi connectivity index (χ2v) is 8.02. The standard InChI is InChI=1S/C18H20N2O3S/c1-13-9-11-15(12-10-13)24(22,23)20-16(14-7-5-4-6-8-14)17(20)18(21)19(2)3/h4-12,16-17H,1-3H3/t16-,17-,20?/m1/s1. The van der Waals surface area contributed by atoms with E-state index >= 15 is 0 Å². The van der Waals surface area contributed by atoms with Crippen LogP contribution in [0.3, 0.4) is 0 Å². The van der Waals surface area contributed by atoms with E-state index in [2.05, 4.69) is 0 Å². The summed E-state index contributed by atoms with van der Waals surface area (Å²) < 4.78 is 27.3. The Morgan fingerprint density at radius 2 is 1.58 bits per heavy atom. The maximum atomic E-state index is 13.0. The molecule has 0 spiro atoms. The van der Waals surface area contributed by atoms with Crippen LogP contribution in [-0.2, 0) is 14.8 Å². The number of amides is 1. The maximum absolute atomic E-state index is 13.0. The highest BCUT2D eigenvalue weighted by molar-refractivity contribution is 7.89. The molecule has 126 valence electrons. The van der Waals surface area contributed by atoms with Crippen LogP contribution in [0, 0.1) is 6.92 Å². The van der Waals surface area contributed by atoms with E-state index in [0.717, 1.165) is 11.1 Å². The summed E-state index contributed by atoms with van der Waals surface area (Å²) in [7, 11) is -0.445. The summed E-state index contributed by atoms with van der Waals surface area (Å²) in [6.07, 6.45) is 0. The molecule has 5 nitrogen and oxygen atoms in total. The SMILES string of the molecule is Cc1ccc(S(=O)(=O)N2[C@H](c3ccccc3)[C@@H]2C(=O)N(C)C)cc1. The van der Waals surface area contributed by atoms with Crippen LogP contribution in [0.15, 0.2) is 59.5 Å². The molecule has 3 atom stereocenters. The van der Waals surface area contributed by atoms with Crippen molar-refractivity contribution in [1.29, 1.82) is 0 Å². The summed E-state index contributed by atoms with van der Waals surface area (Å²) in [6.45, 7) is 1.90. The van der Waals surface area contributed by atoms with E-state index in [1.54, 1.807) is 38.4 Å². The Morgan fingerprint density at radius 1 is 1.00 bits per heavy atom. The first-order valence-electron chi connectivity index (χ1n) is 7.70. The van der Waals surface area contributed by atoms with Gasteiger partial charge < -0.3 is 4.90 Å². The van der Waals surface area contributed by atoms with Crippen molar-refractivity contribution in [3.8, 4) is 0 Å². The van der Waals surface area contributed by atoms with Gasteiger partial charge in [-0.25, -0.2) is 8.42 Å². The average Bonchev–Trinajstić information content (AvgIpc) is 3.31. The molecular formula is C18H20N2O3S. The number of aryl methyl sites for hydroxylation is 1. The van der Waals surface area contributed by atoms with Crippen LogP contribution in [-0.4, -0.2) is 43.7 Å². The second kappa shape index (κ2) is 6.03. The molecule has 1 saturated heterocycles. The van der Waals surface area contributed by atoms with E-state index < -0.39 is 22.1 Å². The van der Waals surface area contributed by atoms with Crippen LogP contribution >= 0.6 is 0 Å². The van der Waals surface area contributed by atoms with Gasteiger partial charge in [0.25, 0.3) is 0 Å². The molecule has 3 rings (SSSR count). The number of carbonyl (C=O) groups is 1. The lowest BCUT2D eigenvalue weighted by atomic mass is 10.1. The lowest BCUT2D eigenvalue weighted by molar-refractivity contribution is -0.128. The highest BCUT2D eigenvalue weighted by Crippen LogP contribution is 2.48. The molecule has 0 saturated carbocycles. The zero-order valence-corrected chi connectivity index (χ0v) is 14.7. The van der Waals surface area contributed by atoms with Crippen LogP contribution in [0.4, 0.5) is 0 Å². The van der Waals surface area contributed by atoms with Gasteiger partial charge in [-0.3, -0.25) is 4.79 Å². The van der Waals surface area contributed by atoms with Crippen LogP contribution in [0.5, 0.6) is 0 Å². The Kier molecular flexibility index (Phi) is 4.19. The molecule has 1 unspecified atom stereocenters. The van der Waals surface area contributed by atoms with Gasteiger partial charge in [0, 0.05) is 14.1 Å². The molecule has 24 heavy (non-hydrogen) atoms. The van der Waals surface area contributed by atoms with Gasteiger partial charge in [0.05, 0.1) is 10.9 Å². The van der Waals surface area contributed by atoms with E-state index in [4.69, 9.17) is 0 Å². The van der Waals surface area contributed by atoms with E-state index in [1.165, 1.54) is 9.21 Å². The van der Waals surface area contributed by atoms with Crippen LogP contribution in [0.1, 0.15) is 17.2 Å². The molecule has 1 aliphatic rings. The Morgan fingerprint density at radius 3 is 2.12 bits per heavy atom. The number of hydrogen-bond acceptors (Lipinski definition) is 3. The van der Waals surface area contributed by atoms with Crippen molar-refractivity contribution in [1.82, 2.24) is 9.21 Å². The van der Waals surface area contributed by atoms with Gasteiger partial charge in [-0.15, -0.1) is 0 Å². The topological polar surface area (TPSA) is 57.5 Å². The molecule has 0 aromatic heterocycles. The van der Waals surface area contributed by atoms with Crippen molar-refractivity contribution in [2.24, 2.45) is 0 Å². The predicted molar refractivity (Wildman–Crippen MR) is 91.9 cm³/mol. The minimum atomic E-state index is -3.72. The number of likely N-dealkylation sites (N-methyl/N-ethyl adjacent to an activating group) is 1. The van der Waals surface area contributed by atoms with Gasteiger partial charge in [-0.1, -0.05) is 48.0 Å². The fraction of sp³-hybridized carbons (Fsp3) is 0.278. The smallest absolute Gasteiger partial charge is 0.244 e. The predicted octanol–water partition coefficient (Wildman–Crippen LogP) is 2.20. The largest absolute Gasteiger partial charge is 0.347 e. The fourth-order valence-corrected chi connectivity index (χ4v) is 4.54. The lowest BCUT2D eigenvalue weighted by Gasteiger charge is -2.10. The summed E-state index contributed by atoms with van der Waals surface area (Å²) in [6, 6.07) is 14.8. The first-order chi connectivity index (χ1) is 11.3. The lowest BCUT2D eigenvalue weighted by Crippen LogP contribution is -2.30. The third-order valence-electron chi connectivity index (χ3n) is 4.19. The molecule has 2 aromatic rings. The average molecular weight is 344 g/mol. The zero-order valence-electron chi connectivity index (χ0n) is 13.9. The van der Waals surface area contributed by atoms with Crippen LogP contribution < -0.4 is 0 Å². The Balaban J connectivity index is 2.00. The Hall–Kier alpha value is -2.18. The van der Waals surface area contributed by atoms with Crippen LogP contribution in [0.2, 0.25) is 0 Å². The molecule has 0 radical (unpaired) electrons. The fourth-order valence-electron chi connectivity index (χ4n) is 2.83. The van der Waals surface area contributed by atoms with Crippen molar-refractivity contribution >= 4 is 15.9 Å². The number of benzene rings is 2. The summed E-state index contributed by atoms with van der Waals surface area (Å²) in [5, 5.41) is 0. The molecule has 1 aliphatic heterocycles. The molecule has 0 bridgehead atoms. The van der Waals surface area contributed by atoms with Crippen molar-refractivity contribution in [3.05, 3.63) is 65.7 Å². The highest BCUT2D eigenvalue weighted by atomic mass is 32.2. The Bertz CT molecular complexity index is 846. The first-order valence-corrected chi connectivity index (χ1v) is 9.14. The first kappa shape index (κ1) is 16.7. The number of nitrogens with zero attached hydrogens (tertiary/aromatic N) is 2. The number of sulfonamides is 1. The van der Waals surface area contributed by atoms with Crippen molar-refractivity contribution < 1.29 is 13.2 Å². The summed E-state index contributed by atoms with van der Waals surface area (Å²) in [5.74, 6) is -0.209. The molecule has 1 fully saturated rings. The monoisotopic (exact) mass is 344 g/mol. The van der Waals surface area contributed by atoms with E-state index in [1.807, 2.05) is 37.3 Å². The number of carbonyl (C=O) groups excluding carboxylic acids is 1. The normalized spacial score (nSPS) is 22.9. The maximum Gasteiger partial charge on any atom is 0.244 e. The molecular weight excluding hydrogens is 324 g/mol. The van der Waals surface area contributed by atoms with Crippen molar-refractivity contribution in [3.63, 3.8) is 0 Å². The van der Waals surface area contributed by atoms with E-state index in [0.29, 0.717) is 0 Å². The second-order valence-electron chi connectivity index (χ2n) is 6.18. The molecule has 0 aliphatic carbocycles. The summed E-state index contributed by atoms with van der Waals surface area (Å²) >= 11 is 0. The molecule has 0 N–H and O–H groups in total.